The van der Waals surface area contributed by atoms with Crippen LogP contribution in [0.3, 0.4) is 0 Å². The van der Waals surface area contributed by atoms with E-state index in [1.54, 1.807) is 7.11 Å². The summed E-state index contributed by atoms with van der Waals surface area (Å²) in [5, 5.41) is 3.03. The fourth-order valence-corrected chi connectivity index (χ4v) is 3.90. The first-order valence-electron chi connectivity index (χ1n) is 9.24. The van der Waals surface area contributed by atoms with Crippen LogP contribution in [0.25, 0.3) is 0 Å². The molecule has 2 heterocycles. The summed E-state index contributed by atoms with van der Waals surface area (Å²) in [7, 11) is 1.64. The molecule has 5 heteroatoms. The van der Waals surface area contributed by atoms with Crippen LogP contribution in [0.5, 0.6) is 5.75 Å². The minimum absolute atomic E-state index is 0.00672. The van der Waals surface area contributed by atoms with Crippen LogP contribution in [0.1, 0.15) is 24.0 Å². The van der Waals surface area contributed by atoms with Gasteiger partial charge in [-0.3, -0.25) is 4.90 Å². The summed E-state index contributed by atoms with van der Waals surface area (Å²) in [6.07, 6.45) is 2.04. The number of amides is 2. The summed E-state index contributed by atoms with van der Waals surface area (Å²) in [6, 6.07) is 16.8. The number of anilines is 1. The zero-order valence-corrected chi connectivity index (χ0v) is 15.1. The Morgan fingerprint density at radius 1 is 1.12 bits per heavy atom. The number of benzene rings is 2. The van der Waals surface area contributed by atoms with Crippen LogP contribution in [0, 0.1) is 0 Å². The van der Waals surface area contributed by atoms with E-state index in [9.17, 15) is 4.79 Å². The highest BCUT2D eigenvalue weighted by Gasteiger charge is 2.31. The van der Waals surface area contributed by atoms with Gasteiger partial charge in [-0.1, -0.05) is 36.4 Å². The number of urea groups is 1. The highest BCUT2D eigenvalue weighted by Crippen LogP contribution is 2.30. The second-order valence-corrected chi connectivity index (χ2v) is 7.07. The van der Waals surface area contributed by atoms with Crippen LogP contribution in [0.15, 0.2) is 48.5 Å². The van der Waals surface area contributed by atoms with Gasteiger partial charge in [0.15, 0.2) is 0 Å². The Labute approximate surface area is 154 Å². The Hall–Kier alpha value is -2.53. The Balaban J connectivity index is 1.37. The maximum atomic E-state index is 12.6. The van der Waals surface area contributed by atoms with Gasteiger partial charge in [0.25, 0.3) is 0 Å². The summed E-state index contributed by atoms with van der Waals surface area (Å²) in [6.45, 7) is 3.72. The quantitative estimate of drug-likeness (QED) is 0.913. The van der Waals surface area contributed by atoms with Crippen LogP contribution in [-0.4, -0.2) is 42.1 Å². The third-order valence-electron chi connectivity index (χ3n) is 5.41. The lowest BCUT2D eigenvalue weighted by Crippen LogP contribution is -2.50. The molecule has 5 nitrogen and oxygen atoms in total. The molecule has 0 spiro atoms. The fourth-order valence-electron chi connectivity index (χ4n) is 3.90. The maximum absolute atomic E-state index is 12.6. The van der Waals surface area contributed by atoms with Crippen LogP contribution in [-0.2, 0) is 13.1 Å². The highest BCUT2D eigenvalue weighted by molar-refractivity contribution is 5.92. The largest absolute Gasteiger partial charge is 0.497 e. The molecule has 0 aliphatic carbocycles. The van der Waals surface area contributed by atoms with Gasteiger partial charge in [-0.2, -0.15) is 0 Å². The summed E-state index contributed by atoms with van der Waals surface area (Å²) >= 11 is 0. The van der Waals surface area contributed by atoms with Gasteiger partial charge in [0.05, 0.1) is 12.8 Å². The first kappa shape index (κ1) is 16.9. The molecule has 1 fully saturated rings. The summed E-state index contributed by atoms with van der Waals surface area (Å²) < 4.78 is 5.25. The van der Waals surface area contributed by atoms with Crippen molar-refractivity contribution in [2.45, 2.75) is 32.0 Å². The van der Waals surface area contributed by atoms with Gasteiger partial charge in [0.1, 0.15) is 5.75 Å². The van der Waals surface area contributed by atoms with E-state index in [1.165, 1.54) is 5.56 Å². The van der Waals surface area contributed by atoms with E-state index in [0.717, 1.165) is 49.5 Å². The summed E-state index contributed by atoms with van der Waals surface area (Å²) in [4.78, 5) is 17.1. The maximum Gasteiger partial charge on any atom is 0.322 e. The lowest BCUT2D eigenvalue weighted by Gasteiger charge is -2.40. The molecule has 0 unspecified atom stereocenters. The van der Waals surface area contributed by atoms with Crippen LogP contribution in [0.4, 0.5) is 10.5 Å². The lowest BCUT2D eigenvalue weighted by atomic mass is 10.0. The average Bonchev–Trinajstić information content (AvgIpc) is 2.68. The molecule has 2 aliphatic heterocycles. The van der Waals surface area contributed by atoms with Gasteiger partial charge in [-0.05, 0) is 30.0 Å². The van der Waals surface area contributed by atoms with Crippen molar-refractivity contribution in [2.24, 2.45) is 0 Å². The van der Waals surface area contributed by atoms with Gasteiger partial charge >= 0.3 is 6.03 Å². The number of hydrogen-bond donors (Lipinski definition) is 1. The second-order valence-electron chi connectivity index (χ2n) is 7.07. The van der Waals surface area contributed by atoms with E-state index in [-0.39, 0.29) is 6.03 Å². The minimum Gasteiger partial charge on any atom is -0.497 e. The molecule has 0 aromatic heterocycles. The number of carbonyl (C=O) groups is 1. The highest BCUT2D eigenvalue weighted by atomic mass is 16.5. The molecule has 4 rings (SSSR count). The van der Waals surface area contributed by atoms with E-state index in [4.69, 9.17) is 4.74 Å². The van der Waals surface area contributed by atoms with Crippen molar-refractivity contribution in [1.29, 1.82) is 0 Å². The summed E-state index contributed by atoms with van der Waals surface area (Å²) in [5.74, 6) is 0.770. The van der Waals surface area contributed by atoms with Crippen LogP contribution in [0.2, 0.25) is 0 Å². The Kier molecular flexibility index (Phi) is 4.80. The van der Waals surface area contributed by atoms with Crippen LogP contribution >= 0.6 is 0 Å². The van der Waals surface area contributed by atoms with Crippen molar-refractivity contribution >= 4 is 11.7 Å². The van der Waals surface area contributed by atoms with Crippen LogP contribution < -0.4 is 10.1 Å². The number of methoxy groups -OCH3 is 1. The van der Waals surface area contributed by atoms with Gasteiger partial charge in [0.2, 0.25) is 0 Å². The number of nitrogens with zero attached hydrogens (tertiary/aromatic N) is 2. The van der Waals surface area contributed by atoms with E-state index < -0.39 is 0 Å². The second kappa shape index (κ2) is 7.38. The number of carbonyl (C=O) groups excluding carboxylic acids is 1. The zero-order chi connectivity index (χ0) is 17.9. The molecule has 26 heavy (non-hydrogen) atoms. The predicted octanol–water partition coefficient (Wildman–Crippen LogP) is 3.71. The van der Waals surface area contributed by atoms with E-state index in [0.29, 0.717) is 12.6 Å². The van der Waals surface area contributed by atoms with Gasteiger partial charge < -0.3 is 15.0 Å². The number of likely N-dealkylation sites (tertiary alicyclic amines) is 1. The van der Waals surface area contributed by atoms with E-state index >= 15 is 0 Å². The predicted molar refractivity (Wildman–Crippen MR) is 102 cm³/mol. The van der Waals surface area contributed by atoms with Crippen molar-refractivity contribution in [2.75, 3.05) is 25.5 Å². The fraction of sp³-hybridized carbons (Fsp3) is 0.381. The van der Waals surface area contributed by atoms with Gasteiger partial charge in [-0.15, -0.1) is 0 Å². The van der Waals surface area contributed by atoms with E-state index in [1.807, 2.05) is 23.1 Å². The SMILES string of the molecule is COc1ccc2c(c1)NC(=O)N(C1CCN(Cc3ccccc3)CC1)C2. The smallest absolute Gasteiger partial charge is 0.322 e. The average molecular weight is 351 g/mol. The third-order valence-corrected chi connectivity index (χ3v) is 5.41. The number of hydrogen-bond acceptors (Lipinski definition) is 3. The Bertz CT molecular complexity index is 770. The standard InChI is InChI=1S/C21H25N3O2/c1-26-19-8-7-17-15-24(21(25)22-20(17)13-19)18-9-11-23(12-10-18)14-16-5-3-2-4-6-16/h2-8,13,18H,9-12,14-15H2,1H3,(H,22,25). The molecule has 0 atom stereocenters. The molecule has 0 saturated carbocycles. The molecule has 1 saturated heterocycles. The van der Waals surface area contributed by atoms with Crippen molar-refractivity contribution in [1.82, 2.24) is 9.80 Å². The minimum atomic E-state index is 0.00672. The molecule has 2 aromatic rings. The van der Waals surface area contributed by atoms with Crippen molar-refractivity contribution < 1.29 is 9.53 Å². The van der Waals surface area contributed by atoms with Crippen molar-refractivity contribution in [3.63, 3.8) is 0 Å². The Morgan fingerprint density at radius 3 is 2.62 bits per heavy atom. The third kappa shape index (κ3) is 3.53. The lowest BCUT2D eigenvalue weighted by molar-refractivity contribution is 0.118. The summed E-state index contributed by atoms with van der Waals surface area (Å²) in [5.41, 5.74) is 3.37. The first-order valence-corrected chi connectivity index (χ1v) is 9.24. The molecule has 0 bridgehead atoms. The first-order chi connectivity index (χ1) is 12.7. The number of fused-ring (bicyclic) bond motifs is 1. The monoisotopic (exact) mass is 351 g/mol. The molecule has 2 aromatic carbocycles. The van der Waals surface area contributed by atoms with Gasteiger partial charge in [-0.25, -0.2) is 4.79 Å². The normalized spacial score (nSPS) is 18.3. The molecule has 0 radical (unpaired) electrons. The zero-order valence-electron chi connectivity index (χ0n) is 15.1. The molecule has 136 valence electrons. The number of piperidine rings is 1. The number of nitrogens with one attached hydrogen (secondary N) is 1. The Morgan fingerprint density at radius 2 is 1.88 bits per heavy atom. The molecular weight excluding hydrogens is 326 g/mol. The van der Waals surface area contributed by atoms with Crippen molar-refractivity contribution in [3.8, 4) is 5.75 Å². The molecule has 1 N–H and O–H groups in total. The molecule has 2 amide bonds. The van der Waals surface area contributed by atoms with Gasteiger partial charge in [0, 0.05) is 38.3 Å². The number of rotatable bonds is 4. The van der Waals surface area contributed by atoms with Crippen molar-refractivity contribution in [3.05, 3.63) is 59.7 Å². The number of ether oxygens (including phenoxy) is 1. The van der Waals surface area contributed by atoms with E-state index in [2.05, 4.69) is 40.5 Å². The molecule has 2 aliphatic rings. The topological polar surface area (TPSA) is 44.8 Å². The molecular formula is C21H25N3O2.